The zero-order valence-electron chi connectivity index (χ0n) is 6.80. The first kappa shape index (κ1) is 8.53. The fourth-order valence-corrected chi connectivity index (χ4v) is 1.68. The number of hydrogen-bond donors (Lipinski definition) is 1. The summed E-state index contributed by atoms with van der Waals surface area (Å²) in [6, 6.07) is 0. The quantitative estimate of drug-likeness (QED) is 0.670. The molecule has 0 atom stereocenters. The van der Waals surface area contributed by atoms with Crippen LogP contribution in [0.3, 0.4) is 0 Å². The number of carbonyl (C=O) groups is 1. The van der Waals surface area contributed by atoms with Crippen molar-refractivity contribution in [1.82, 2.24) is 0 Å². The van der Waals surface area contributed by atoms with E-state index in [-0.39, 0.29) is 11.8 Å². The molecule has 1 rings (SSSR count). The van der Waals surface area contributed by atoms with Crippen LogP contribution >= 0.6 is 0 Å². The van der Waals surface area contributed by atoms with Crippen LogP contribution in [0.15, 0.2) is 0 Å². The second kappa shape index (κ2) is 3.22. The van der Waals surface area contributed by atoms with Gasteiger partial charge >= 0.3 is 5.97 Å². The fourth-order valence-electron chi connectivity index (χ4n) is 1.68. The van der Waals surface area contributed by atoms with E-state index < -0.39 is 5.97 Å². The van der Waals surface area contributed by atoms with Crippen molar-refractivity contribution in [1.29, 1.82) is 0 Å². The first-order valence-electron chi connectivity index (χ1n) is 3.89. The maximum atomic E-state index is 10.4. The second-order valence-corrected chi connectivity index (χ2v) is 3.36. The third-order valence-corrected chi connectivity index (χ3v) is 2.39. The normalized spacial score (nSPS) is 20.8. The second-order valence-electron chi connectivity index (χ2n) is 3.36. The van der Waals surface area contributed by atoms with Gasteiger partial charge < -0.3 is 9.84 Å². The van der Waals surface area contributed by atoms with Crippen molar-refractivity contribution in [2.75, 3.05) is 13.7 Å². The predicted molar refractivity (Wildman–Crippen MR) is 40.4 cm³/mol. The highest BCUT2D eigenvalue weighted by Crippen LogP contribution is 2.43. The average Bonchev–Trinajstić information content (AvgIpc) is 1.82. The standard InChI is InChI=1S/C8H14O3/c1-11-6-8(3-2-4-8)5-7(9)10/h2-6H2,1H3,(H,9,10). The number of methoxy groups -OCH3 is 1. The van der Waals surface area contributed by atoms with Gasteiger partial charge in [0, 0.05) is 12.5 Å². The van der Waals surface area contributed by atoms with Crippen molar-refractivity contribution in [3.63, 3.8) is 0 Å². The molecule has 1 N–H and O–H groups in total. The summed E-state index contributed by atoms with van der Waals surface area (Å²) in [4.78, 5) is 10.4. The molecule has 0 aliphatic heterocycles. The van der Waals surface area contributed by atoms with Gasteiger partial charge in [0.15, 0.2) is 0 Å². The van der Waals surface area contributed by atoms with Crippen LogP contribution in [0.1, 0.15) is 25.7 Å². The van der Waals surface area contributed by atoms with Crippen LogP contribution in [0.2, 0.25) is 0 Å². The highest BCUT2D eigenvalue weighted by atomic mass is 16.5. The van der Waals surface area contributed by atoms with Crippen molar-refractivity contribution in [3.8, 4) is 0 Å². The third kappa shape index (κ3) is 1.93. The number of ether oxygens (including phenoxy) is 1. The lowest BCUT2D eigenvalue weighted by Crippen LogP contribution is -2.36. The summed E-state index contributed by atoms with van der Waals surface area (Å²) in [5.74, 6) is -0.707. The Hall–Kier alpha value is -0.570. The molecule has 0 aromatic carbocycles. The lowest BCUT2D eigenvalue weighted by Gasteiger charge is -2.39. The molecule has 0 bridgehead atoms. The first-order valence-corrected chi connectivity index (χ1v) is 3.89. The van der Waals surface area contributed by atoms with E-state index in [4.69, 9.17) is 9.84 Å². The van der Waals surface area contributed by atoms with E-state index in [1.54, 1.807) is 7.11 Å². The van der Waals surface area contributed by atoms with Crippen LogP contribution in [-0.2, 0) is 9.53 Å². The number of hydrogen-bond acceptors (Lipinski definition) is 2. The van der Waals surface area contributed by atoms with E-state index in [1.165, 1.54) is 0 Å². The average molecular weight is 158 g/mol. The van der Waals surface area contributed by atoms with Gasteiger partial charge in [0.1, 0.15) is 0 Å². The molecule has 0 aromatic rings. The monoisotopic (exact) mass is 158 g/mol. The van der Waals surface area contributed by atoms with Crippen molar-refractivity contribution in [2.45, 2.75) is 25.7 Å². The molecule has 1 saturated carbocycles. The van der Waals surface area contributed by atoms with Gasteiger partial charge in [0.2, 0.25) is 0 Å². The minimum Gasteiger partial charge on any atom is -0.481 e. The Kier molecular flexibility index (Phi) is 2.49. The number of rotatable bonds is 4. The Labute approximate surface area is 66.4 Å². The molecule has 64 valence electrons. The Morgan fingerprint density at radius 3 is 2.55 bits per heavy atom. The zero-order valence-corrected chi connectivity index (χ0v) is 6.80. The molecule has 0 saturated heterocycles. The molecule has 1 aliphatic carbocycles. The Balaban J connectivity index is 2.39. The molecule has 0 heterocycles. The van der Waals surface area contributed by atoms with Crippen molar-refractivity contribution in [2.24, 2.45) is 5.41 Å². The van der Waals surface area contributed by atoms with E-state index in [2.05, 4.69) is 0 Å². The highest BCUT2D eigenvalue weighted by molar-refractivity contribution is 5.67. The highest BCUT2D eigenvalue weighted by Gasteiger charge is 2.38. The Morgan fingerprint density at radius 1 is 1.64 bits per heavy atom. The molecule has 3 nitrogen and oxygen atoms in total. The Bertz CT molecular complexity index is 149. The largest absolute Gasteiger partial charge is 0.481 e. The molecule has 11 heavy (non-hydrogen) atoms. The topological polar surface area (TPSA) is 46.5 Å². The number of aliphatic carboxylic acids is 1. The van der Waals surface area contributed by atoms with Crippen molar-refractivity contribution >= 4 is 5.97 Å². The fraction of sp³-hybridized carbons (Fsp3) is 0.875. The third-order valence-electron chi connectivity index (χ3n) is 2.39. The lowest BCUT2D eigenvalue weighted by atomic mass is 9.67. The van der Waals surface area contributed by atoms with Crippen LogP contribution in [-0.4, -0.2) is 24.8 Å². The van der Waals surface area contributed by atoms with Crippen LogP contribution in [0, 0.1) is 5.41 Å². The Morgan fingerprint density at radius 2 is 2.27 bits per heavy atom. The van der Waals surface area contributed by atoms with Crippen molar-refractivity contribution < 1.29 is 14.6 Å². The maximum Gasteiger partial charge on any atom is 0.303 e. The van der Waals surface area contributed by atoms with Gasteiger partial charge in [-0.15, -0.1) is 0 Å². The number of carboxylic acids is 1. The van der Waals surface area contributed by atoms with Crippen LogP contribution in [0.4, 0.5) is 0 Å². The van der Waals surface area contributed by atoms with Gasteiger partial charge in [-0.05, 0) is 12.8 Å². The maximum absolute atomic E-state index is 10.4. The van der Waals surface area contributed by atoms with E-state index in [0.29, 0.717) is 6.61 Å². The van der Waals surface area contributed by atoms with E-state index in [9.17, 15) is 4.79 Å². The van der Waals surface area contributed by atoms with Crippen LogP contribution < -0.4 is 0 Å². The molecule has 0 aromatic heterocycles. The van der Waals surface area contributed by atoms with Gasteiger partial charge in [-0.1, -0.05) is 6.42 Å². The summed E-state index contributed by atoms with van der Waals surface area (Å²) >= 11 is 0. The number of carboxylic acid groups (broad SMARTS) is 1. The molecule has 0 radical (unpaired) electrons. The van der Waals surface area contributed by atoms with Gasteiger partial charge in [-0.3, -0.25) is 4.79 Å². The SMILES string of the molecule is COCC1(CC(=O)O)CCC1. The minimum atomic E-state index is -0.707. The summed E-state index contributed by atoms with van der Waals surface area (Å²) in [5, 5.41) is 8.59. The molecule has 0 spiro atoms. The van der Waals surface area contributed by atoms with Gasteiger partial charge in [-0.2, -0.15) is 0 Å². The zero-order chi connectivity index (χ0) is 8.32. The summed E-state index contributed by atoms with van der Waals surface area (Å²) in [6.07, 6.45) is 3.43. The van der Waals surface area contributed by atoms with Gasteiger partial charge in [0.05, 0.1) is 13.0 Å². The first-order chi connectivity index (χ1) is 5.18. The molecular weight excluding hydrogens is 144 g/mol. The smallest absolute Gasteiger partial charge is 0.303 e. The van der Waals surface area contributed by atoms with E-state index >= 15 is 0 Å². The lowest BCUT2D eigenvalue weighted by molar-refractivity contribution is -0.143. The van der Waals surface area contributed by atoms with Crippen LogP contribution in [0.25, 0.3) is 0 Å². The van der Waals surface area contributed by atoms with E-state index in [1.807, 2.05) is 0 Å². The van der Waals surface area contributed by atoms with Crippen molar-refractivity contribution in [3.05, 3.63) is 0 Å². The molecule has 0 amide bonds. The summed E-state index contributed by atoms with van der Waals surface area (Å²) < 4.78 is 4.99. The molecule has 1 aliphatic rings. The molecular formula is C8H14O3. The van der Waals surface area contributed by atoms with Crippen LogP contribution in [0.5, 0.6) is 0 Å². The minimum absolute atomic E-state index is 0.0272. The molecule has 3 heteroatoms. The summed E-state index contributed by atoms with van der Waals surface area (Å²) in [5.41, 5.74) is -0.0272. The van der Waals surface area contributed by atoms with Gasteiger partial charge in [0.25, 0.3) is 0 Å². The van der Waals surface area contributed by atoms with E-state index in [0.717, 1.165) is 19.3 Å². The predicted octanol–water partition coefficient (Wildman–Crippen LogP) is 1.28. The molecule has 0 unspecified atom stereocenters. The summed E-state index contributed by atoms with van der Waals surface area (Å²) in [7, 11) is 1.63. The van der Waals surface area contributed by atoms with Gasteiger partial charge in [-0.25, -0.2) is 0 Å². The summed E-state index contributed by atoms with van der Waals surface area (Å²) in [6.45, 7) is 0.597. The molecule has 1 fully saturated rings.